The van der Waals surface area contributed by atoms with Crippen LogP contribution < -0.4 is 5.73 Å². The maximum Gasteiger partial charge on any atom is 0.138 e. The van der Waals surface area contributed by atoms with Crippen LogP contribution in [0.25, 0.3) is 16.9 Å². The number of halogens is 1. The average molecular weight is 259 g/mol. The van der Waals surface area contributed by atoms with Gasteiger partial charge in [0, 0.05) is 12.7 Å². The second kappa shape index (κ2) is 4.40. The zero-order chi connectivity index (χ0) is 12.5. The van der Waals surface area contributed by atoms with Crippen LogP contribution >= 0.6 is 11.6 Å². The van der Waals surface area contributed by atoms with Crippen LogP contribution in [0.15, 0.2) is 42.9 Å². The Balaban J connectivity index is 2.20. The van der Waals surface area contributed by atoms with Crippen molar-refractivity contribution in [2.75, 3.05) is 0 Å². The van der Waals surface area contributed by atoms with Crippen LogP contribution in [0.1, 0.15) is 5.56 Å². The number of rotatable bonds is 2. The lowest BCUT2D eigenvalue weighted by molar-refractivity contribution is 0.989. The van der Waals surface area contributed by atoms with Crippen molar-refractivity contribution in [3.63, 3.8) is 0 Å². The number of para-hydroxylation sites is 2. The molecule has 0 fully saturated rings. The molecular formula is C13H11ClN4. The van der Waals surface area contributed by atoms with Gasteiger partial charge in [-0.25, -0.2) is 9.97 Å². The first-order valence-electron chi connectivity index (χ1n) is 5.56. The van der Waals surface area contributed by atoms with E-state index in [9.17, 15) is 0 Å². The van der Waals surface area contributed by atoms with Gasteiger partial charge in [0.15, 0.2) is 0 Å². The summed E-state index contributed by atoms with van der Waals surface area (Å²) in [6.07, 6.45) is 3.37. The van der Waals surface area contributed by atoms with Gasteiger partial charge in [0.25, 0.3) is 0 Å². The van der Waals surface area contributed by atoms with Crippen LogP contribution in [-0.2, 0) is 6.54 Å². The van der Waals surface area contributed by atoms with Crippen molar-refractivity contribution in [1.29, 1.82) is 0 Å². The Morgan fingerprint density at radius 1 is 1.22 bits per heavy atom. The highest BCUT2D eigenvalue weighted by molar-refractivity contribution is 6.31. The van der Waals surface area contributed by atoms with Gasteiger partial charge in [-0.1, -0.05) is 23.7 Å². The molecule has 2 aromatic heterocycles. The Kier molecular flexibility index (Phi) is 2.74. The topological polar surface area (TPSA) is 56.7 Å². The van der Waals surface area contributed by atoms with Crippen LogP contribution in [0.3, 0.4) is 0 Å². The van der Waals surface area contributed by atoms with Gasteiger partial charge in [-0.3, -0.25) is 4.57 Å². The molecule has 0 atom stereocenters. The summed E-state index contributed by atoms with van der Waals surface area (Å²) in [4.78, 5) is 8.65. The van der Waals surface area contributed by atoms with Gasteiger partial charge in [-0.2, -0.15) is 0 Å². The van der Waals surface area contributed by atoms with Crippen molar-refractivity contribution >= 4 is 22.6 Å². The Morgan fingerprint density at radius 2 is 2.06 bits per heavy atom. The lowest BCUT2D eigenvalue weighted by Gasteiger charge is -2.06. The van der Waals surface area contributed by atoms with Crippen LogP contribution in [0.2, 0.25) is 5.02 Å². The van der Waals surface area contributed by atoms with Gasteiger partial charge in [-0.05, 0) is 23.8 Å². The number of hydrogen-bond donors (Lipinski definition) is 1. The fourth-order valence-electron chi connectivity index (χ4n) is 1.90. The molecule has 2 N–H and O–H groups in total. The van der Waals surface area contributed by atoms with E-state index in [-0.39, 0.29) is 0 Å². The predicted octanol–water partition coefficient (Wildman–Crippen LogP) is 2.53. The predicted molar refractivity (Wildman–Crippen MR) is 71.8 cm³/mol. The zero-order valence-electron chi connectivity index (χ0n) is 9.55. The molecule has 0 unspecified atom stereocenters. The van der Waals surface area contributed by atoms with Crippen molar-refractivity contribution in [2.24, 2.45) is 5.73 Å². The Labute approximate surface area is 109 Å². The number of pyridine rings is 1. The molecule has 0 saturated heterocycles. The fraction of sp³-hybridized carbons (Fsp3) is 0.0769. The van der Waals surface area contributed by atoms with Crippen molar-refractivity contribution in [3.05, 3.63) is 53.4 Å². The third kappa shape index (κ3) is 1.75. The van der Waals surface area contributed by atoms with E-state index in [0.717, 1.165) is 22.4 Å². The number of nitrogens with zero attached hydrogens (tertiary/aromatic N) is 3. The molecular weight excluding hydrogens is 248 g/mol. The summed E-state index contributed by atoms with van der Waals surface area (Å²) in [5.74, 6) is 0.772. The maximum absolute atomic E-state index is 6.01. The molecule has 1 aromatic carbocycles. The molecule has 90 valence electrons. The Bertz CT molecular complexity index is 705. The van der Waals surface area contributed by atoms with Gasteiger partial charge < -0.3 is 5.73 Å². The average Bonchev–Trinajstić information content (AvgIpc) is 2.83. The van der Waals surface area contributed by atoms with E-state index in [2.05, 4.69) is 9.97 Å². The van der Waals surface area contributed by atoms with Gasteiger partial charge >= 0.3 is 0 Å². The molecule has 4 nitrogen and oxygen atoms in total. The highest BCUT2D eigenvalue weighted by Crippen LogP contribution is 2.20. The first-order valence-corrected chi connectivity index (χ1v) is 5.94. The molecule has 0 amide bonds. The molecule has 0 saturated carbocycles. The number of hydrogen-bond acceptors (Lipinski definition) is 3. The summed E-state index contributed by atoms with van der Waals surface area (Å²) in [6.45, 7) is 0.390. The summed E-state index contributed by atoms with van der Waals surface area (Å²) in [6, 6.07) is 9.78. The quantitative estimate of drug-likeness (QED) is 0.768. The minimum Gasteiger partial charge on any atom is -0.326 e. The van der Waals surface area contributed by atoms with Gasteiger partial charge in [-0.15, -0.1) is 0 Å². The van der Waals surface area contributed by atoms with E-state index >= 15 is 0 Å². The van der Waals surface area contributed by atoms with Crippen molar-refractivity contribution in [3.8, 4) is 5.82 Å². The second-order valence-corrected chi connectivity index (χ2v) is 4.35. The number of aromatic nitrogens is 3. The summed E-state index contributed by atoms with van der Waals surface area (Å²) < 4.78 is 1.92. The van der Waals surface area contributed by atoms with Gasteiger partial charge in [0.2, 0.25) is 0 Å². The van der Waals surface area contributed by atoms with E-state index in [1.807, 2.05) is 34.9 Å². The van der Waals surface area contributed by atoms with Crippen LogP contribution in [0, 0.1) is 0 Å². The standard InChI is InChI=1S/C13H11ClN4/c14-10-7-16-13(5-9(10)6-15)18-8-17-11-3-1-2-4-12(11)18/h1-5,7-8H,6,15H2. The largest absolute Gasteiger partial charge is 0.326 e. The summed E-state index contributed by atoms with van der Waals surface area (Å²) in [5.41, 5.74) is 8.47. The normalized spacial score (nSPS) is 11.0. The summed E-state index contributed by atoms with van der Waals surface area (Å²) in [5, 5.41) is 0.589. The molecule has 0 aliphatic carbocycles. The fourth-order valence-corrected chi connectivity index (χ4v) is 2.08. The van der Waals surface area contributed by atoms with E-state index in [1.54, 1.807) is 12.5 Å². The first-order chi connectivity index (χ1) is 8.79. The second-order valence-electron chi connectivity index (χ2n) is 3.94. The van der Waals surface area contributed by atoms with Crippen LogP contribution in [0.4, 0.5) is 0 Å². The maximum atomic E-state index is 6.01. The molecule has 3 rings (SSSR count). The zero-order valence-corrected chi connectivity index (χ0v) is 10.3. The molecule has 3 aromatic rings. The number of fused-ring (bicyclic) bond motifs is 1. The molecule has 0 aliphatic heterocycles. The van der Waals surface area contributed by atoms with E-state index < -0.39 is 0 Å². The third-order valence-corrected chi connectivity index (χ3v) is 3.18. The Hall–Kier alpha value is -1.91. The SMILES string of the molecule is NCc1cc(-n2cnc3ccccc32)ncc1Cl. The molecule has 0 radical (unpaired) electrons. The van der Waals surface area contributed by atoms with Gasteiger partial charge in [0.05, 0.1) is 16.1 Å². The molecule has 0 spiro atoms. The smallest absolute Gasteiger partial charge is 0.138 e. The van der Waals surface area contributed by atoms with Crippen LogP contribution in [-0.4, -0.2) is 14.5 Å². The van der Waals surface area contributed by atoms with Crippen LogP contribution in [0.5, 0.6) is 0 Å². The minimum absolute atomic E-state index is 0.390. The Morgan fingerprint density at radius 3 is 2.89 bits per heavy atom. The molecule has 0 aliphatic rings. The summed E-state index contributed by atoms with van der Waals surface area (Å²) >= 11 is 6.01. The highest BCUT2D eigenvalue weighted by Gasteiger charge is 2.07. The number of imidazole rings is 1. The minimum atomic E-state index is 0.390. The van der Waals surface area contributed by atoms with Crippen molar-refractivity contribution in [1.82, 2.24) is 14.5 Å². The number of nitrogens with two attached hydrogens (primary N) is 1. The van der Waals surface area contributed by atoms with Crippen molar-refractivity contribution in [2.45, 2.75) is 6.54 Å². The lowest BCUT2D eigenvalue weighted by atomic mass is 10.2. The molecule has 2 heterocycles. The van der Waals surface area contributed by atoms with Crippen molar-refractivity contribution < 1.29 is 0 Å². The molecule has 0 bridgehead atoms. The first kappa shape index (κ1) is 11.2. The third-order valence-electron chi connectivity index (χ3n) is 2.84. The molecule has 5 heteroatoms. The van der Waals surface area contributed by atoms with Gasteiger partial charge in [0.1, 0.15) is 12.1 Å². The van der Waals surface area contributed by atoms with E-state index in [0.29, 0.717) is 11.6 Å². The van der Waals surface area contributed by atoms with E-state index in [1.165, 1.54) is 0 Å². The number of benzene rings is 1. The summed E-state index contributed by atoms with van der Waals surface area (Å²) in [7, 11) is 0. The molecule has 18 heavy (non-hydrogen) atoms. The highest BCUT2D eigenvalue weighted by atomic mass is 35.5. The lowest BCUT2D eigenvalue weighted by Crippen LogP contribution is -2.02. The monoisotopic (exact) mass is 258 g/mol. The van der Waals surface area contributed by atoms with E-state index in [4.69, 9.17) is 17.3 Å².